The number of nitrogens with zero attached hydrogens (tertiary/aromatic N) is 3. The van der Waals surface area contributed by atoms with Crippen LogP contribution < -0.4 is 0 Å². The van der Waals surface area contributed by atoms with Crippen molar-refractivity contribution in [2.45, 2.75) is 25.2 Å². The highest BCUT2D eigenvalue weighted by atomic mass is 16.4. The van der Waals surface area contributed by atoms with E-state index in [0.717, 1.165) is 11.5 Å². The lowest BCUT2D eigenvalue weighted by Gasteiger charge is -2.24. The van der Waals surface area contributed by atoms with Crippen molar-refractivity contribution in [2.24, 2.45) is 7.05 Å². The second kappa shape index (κ2) is 3.55. The number of imidazole rings is 1. The number of carboxylic acids is 1. The van der Waals surface area contributed by atoms with Crippen molar-refractivity contribution in [3.8, 4) is 0 Å². The molecule has 1 N–H and O–H groups in total. The molecule has 3 rings (SSSR count). The van der Waals surface area contributed by atoms with Gasteiger partial charge in [0, 0.05) is 19.2 Å². The van der Waals surface area contributed by atoms with Crippen molar-refractivity contribution in [1.82, 2.24) is 14.5 Å². The van der Waals surface area contributed by atoms with Gasteiger partial charge in [0.2, 0.25) is 0 Å². The first-order valence-electron chi connectivity index (χ1n) is 5.72. The van der Waals surface area contributed by atoms with Gasteiger partial charge in [0.1, 0.15) is 11.3 Å². The first-order valence-corrected chi connectivity index (χ1v) is 5.72. The maximum absolute atomic E-state index is 10.9. The molecule has 0 unspecified atom stereocenters. The normalized spacial score (nSPS) is 16.1. The second-order valence-electron chi connectivity index (χ2n) is 4.53. The van der Waals surface area contributed by atoms with Gasteiger partial charge in [-0.05, 0) is 18.9 Å². The molecule has 0 radical (unpaired) electrons. The summed E-state index contributed by atoms with van der Waals surface area (Å²) in [5.41, 5.74) is 1.63. The zero-order valence-electron chi connectivity index (χ0n) is 9.55. The van der Waals surface area contributed by atoms with Gasteiger partial charge in [-0.1, -0.05) is 6.42 Å². The van der Waals surface area contributed by atoms with Gasteiger partial charge in [-0.3, -0.25) is 0 Å². The second-order valence-corrected chi connectivity index (χ2v) is 4.53. The Balaban J connectivity index is 2.14. The Morgan fingerprint density at radius 2 is 2.29 bits per heavy atom. The molecule has 0 saturated heterocycles. The van der Waals surface area contributed by atoms with Crippen molar-refractivity contribution >= 4 is 17.1 Å². The summed E-state index contributed by atoms with van der Waals surface area (Å²) in [7, 11) is 1.94. The number of hydrogen-bond donors (Lipinski definition) is 1. The molecule has 0 spiro atoms. The fourth-order valence-corrected chi connectivity index (χ4v) is 2.24. The predicted molar refractivity (Wildman–Crippen MR) is 62.1 cm³/mol. The molecular weight excluding hydrogens is 218 g/mol. The van der Waals surface area contributed by atoms with Crippen LogP contribution in [0.2, 0.25) is 0 Å². The van der Waals surface area contributed by atoms with Crippen LogP contribution in [0.25, 0.3) is 11.2 Å². The summed E-state index contributed by atoms with van der Waals surface area (Å²) in [4.78, 5) is 19.6. The molecule has 0 bridgehead atoms. The van der Waals surface area contributed by atoms with E-state index in [9.17, 15) is 4.79 Å². The van der Waals surface area contributed by atoms with Crippen LogP contribution in [-0.4, -0.2) is 25.6 Å². The Morgan fingerprint density at radius 3 is 2.88 bits per heavy atom. The Morgan fingerprint density at radius 1 is 1.53 bits per heavy atom. The largest absolute Gasteiger partial charge is 0.478 e. The average Bonchev–Trinajstić information content (AvgIpc) is 2.54. The maximum Gasteiger partial charge on any atom is 0.337 e. The Labute approximate surface area is 98.1 Å². The van der Waals surface area contributed by atoms with E-state index in [2.05, 4.69) is 9.97 Å². The summed E-state index contributed by atoms with van der Waals surface area (Å²) < 4.78 is 1.98. The van der Waals surface area contributed by atoms with Crippen molar-refractivity contribution in [1.29, 1.82) is 0 Å². The molecule has 0 aliphatic heterocycles. The molecule has 0 aromatic carbocycles. The summed E-state index contributed by atoms with van der Waals surface area (Å²) in [5.74, 6) is 0.582. The average molecular weight is 231 g/mol. The van der Waals surface area contributed by atoms with Crippen molar-refractivity contribution in [3.63, 3.8) is 0 Å². The molecule has 5 nitrogen and oxygen atoms in total. The highest BCUT2D eigenvalue weighted by Crippen LogP contribution is 2.36. The maximum atomic E-state index is 10.9. The third-order valence-corrected chi connectivity index (χ3v) is 3.46. The third kappa shape index (κ3) is 1.50. The molecule has 1 saturated carbocycles. The van der Waals surface area contributed by atoms with E-state index >= 15 is 0 Å². The number of aromatic carboxylic acids is 1. The molecule has 1 fully saturated rings. The first-order chi connectivity index (χ1) is 8.16. The van der Waals surface area contributed by atoms with Gasteiger partial charge >= 0.3 is 5.97 Å². The van der Waals surface area contributed by atoms with E-state index < -0.39 is 5.97 Å². The zero-order valence-corrected chi connectivity index (χ0v) is 9.55. The summed E-state index contributed by atoms with van der Waals surface area (Å²) in [5, 5.41) is 8.91. The van der Waals surface area contributed by atoms with Gasteiger partial charge in [-0.25, -0.2) is 14.8 Å². The number of rotatable bonds is 2. The first kappa shape index (κ1) is 10.3. The number of hydrogen-bond acceptors (Lipinski definition) is 3. The molecule has 2 aromatic heterocycles. The Kier molecular flexibility index (Phi) is 2.14. The summed E-state index contributed by atoms with van der Waals surface area (Å²) in [6.45, 7) is 0. The molecule has 17 heavy (non-hydrogen) atoms. The molecule has 5 heteroatoms. The van der Waals surface area contributed by atoms with Gasteiger partial charge in [-0.2, -0.15) is 0 Å². The number of aryl methyl sites for hydroxylation is 1. The summed E-state index contributed by atoms with van der Waals surface area (Å²) in [6.07, 6.45) is 4.98. The van der Waals surface area contributed by atoms with Crippen molar-refractivity contribution < 1.29 is 9.90 Å². The van der Waals surface area contributed by atoms with Crippen LogP contribution in [0.4, 0.5) is 0 Å². The van der Waals surface area contributed by atoms with Gasteiger partial charge in [0.15, 0.2) is 5.65 Å². The topological polar surface area (TPSA) is 68.0 Å². The Bertz CT molecular complexity index is 599. The standard InChI is InChI=1S/C12H13N3O2/c1-15-10(7-3-2-4-7)14-9-5-8(12(16)17)6-13-11(9)15/h5-7H,2-4H2,1H3,(H,16,17). The zero-order chi connectivity index (χ0) is 12.0. The predicted octanol–water partition coefficient (Wildman–Crippen LogP) is 1.93. The monoisotopic (exact) mass is 231 g/mol. The highest BCUT2D eigenvalue weighted by molar-refractivity contribution is 5.90. The number of fused-ring (bicyclic) bond motifs is 1. The quantitative estimate of drug-likeness (QED) is 0.857. The van der Waals surface area contributed by atoms with Crippen molar-refractivity contribution in [3.05, 3.63) is 23.7 Å². The van der Waals surface area contributed by atoms with Crippen LogP contribution >= 0.6 is 0 Å². The molecule has 0 amide bonds. The smallest absolute Gasteiger partial charge is 0.337 e. The molecule has 1 aliphatic rings. The fraction of sp³-hybridized carbons (Fsp3) is 0.417. The van der Waals surface area contributed by atoms with Gasteiger partial charge < -0.3 is 9.67 Å². The van der Waals surface area contributed by atoms with E-state index in [1.54, 1.807) is 6.07 Å². The van der Waals surface area contributed by atoms with E-state index in [1.807, 2.05) is 11.6 Å². The van der Waals surface area contributed by atoms with Crippen LogP contribution in [0.5, 0.6) is 0 Å². The highest BCUT2D eigenvalue weighted by Gasteiger charge is 2.25. The molecule has 2 aromatic rings. The third-order valence-electron chi connectivity index (χ3n) is 3.46. The molecule has 88 valence electrons. The van der Waals surface area contributed by atoms with Crippen LogP contribution in [0.3, 0.4) is 0 Å². The van der Waals surface area contributed by atoms with Gasteiger partial charge in [0.25, 0.3) is 0 Å². The van der Waals surface area contributed by atoms with Gasteiger partial charge in [0.05, 0.1) is 5.56 Å². The lowest BCUT2D eigenvalue weighted by Crippen LogP contribution is -2.13. The fourth-order valence-electron chi connectivity index (χ4n) is 2.24. The number of pyridine rings is 1. The van der Waals surface area contributed by atoms with Crippen LogP contribution in [0.1, 0.15) is 41.4 Å². The van der Waals surface area contributed by atoms with Crippen LogP contribution in [-0.2, 0) is 7.05 Å². The van der Waals surface area contributed by atoms with Crippen molar-refractivity contribution in [2.75, 3.05) is 0 Å². The molecule has 2 heterocycles. The van der Waals surface area contributed by atoms with E-state index in [4.69, 9.17) is 5.11 Å². The lowest BCUT2D eigenvalue weighted by atomic mass is 9.85. The van der Waals surface area contributed by atoms with E-state index in [-0.39, 0.29) is 5.56 Å². The van der Waals surface area contributed by atoms with Crippen LogP contribution in [0.15, 0.2) is 12.3 Å². The lowest BCUT2D eigenvalue weighted by molar-refractivity contribution is 0.0696. The minimum atomic E-state index is -0.963. The SMILES string of the molecule is Cn1c(C2CCC2)nc2cc(C(=O)O)cnc21. The number of carbonyl (C=O) groups is 1. The molecule has 0 atom stereocenters. The van der Waals surface area contributed by atoms with Crippen LogP contribution in [0, 0.1) is 0 Å². The number of carboxylic acid groups (broad SMARTS) is 1. The summed E-state index contributed by atoms with van der Waals surface area (Å²) in [6, 6.07) is 1.59. The molecular formula is C12H13N3O2. The molecule has 1 aliphatic carbocycles. The minimum absolute atomic E-state index is 0.191. The Hall–Kier alpha value is -1.91. The minimum Gasteiger partial charge on any atom is -0.478 e. The number of aromatic nitrogens is 3. The van der Waals surface area contributed by atoms with E-state index in [0.29, 0.717) is 11.4 Å². The summed E-state index contributed by atoms with van der Waals surface area (Å²) >= 11 is 0. The van der Waals surface area contributed by atoms with E-state index in [1.165, 1.54) is 25.5 Å². The van der Waals surface area contributed by atoms with Gasteiger partial charge in [-0.15, -0.1) is 0 Å².